The van der Waals surface area contributed by atoms with E-state index in [0.29, 0.717) is 11.9 Å². The highest BCUT2D eigenvalue weighted by atomic mass is 16.5. The van der Waals surface area contributed by atoms with E-state index in [4.69, 9.17) is 4.52 Å². The molecule has 1 fully saturated rings. The minimum atomic E-state index is 0.329. The molecule has 2 rings (SSSR count). The van der Waals surface area contributed by atoms with Crippen molar-refractivity contribution in [2.75, 3.05) is 31.1 Å². The highest BCUT2D eigenvalue weighted by molar-refractivity contribution is 5.26. The summed E-state index contributed by atoms with van der Waals surface area (Å²) in [4.78, 5) is 6.47. The van der Waals surface area contributed by atoms with Crippen LogP contribution in [0, 0.1) is 0 Å². The van der Waals surface area contributed by atoms with E-state index in [1.165, 1.54) is 0 Å². The molecule has 14 heavy (non-hydrogen) atoms. The zero-order chi connectivity index (χ0) is 9.97. The highest BCUT2D eigenvalue weighted by Gasteiger charge is 2.17. The normalized spacial score (nSPS) is 17.8. The number of nitrogens with one attached hydrogen (secondary N) is 1. The number of piperazine rings is 1. The first kappa shape index (κ1) is 9.45. The van der Waals surface area contributed by atoms with Crippen molar-refractivity contribution in [2.45, 2.75) is 19.8 Å². The van der Waals surface area contributed by atoms with Crippen LogP contribution in [0.3, 0.4) is 0 Å². The van der Waals surface area contributed by atoms with Crippen LogP contribution in [-0.4, -0.2) is 36.3 Å². The van der Waals surface area contributed by atoms with E-state index in [2.05, 4.69) is 34.2 Å². The molecule has 1 aliphatic rings. The highest BCUT2D eigenvalue weighted by Crippen LogP contribution is 2.16. The molecule has 0 bridgehead atoms. The summed E-state index contributed by atoms with van der Waals surface area (Å²) in [6.07, 6.45) is 0. The van der Waals surface area contributed by atoms with E-state index in [1.54, 1.807) is 0 Å². The van der Waals surface area contributed by atoms with E-state index in [1.807, 2.05) is 0 Å². The number of hydrogen-bond acceptors (Lipinski definition) is 5. The quantitative estimate of drug-likeness (QED) is 0.750. The average Bonchev–Trinajstić information content (AvgIpc) is 2.68. The van der Waals surface area contributed by atoms with Crippen molar-refractivity contribution in [1.82, 2.24) is 15.5 Å². The van der Waals surface area contributed by atoms with Crippen LogP contribution in [-0.2, 0) is 0 Å². The fraction of sp³-hybridized carbons (Fsp3) is 0.778. The van der Waals surface area contributed by atoms with Crippen LogP contribution in [0.4, 0.5) is 6.01 Å². The topological polar surface area (TPSA) is 54.2 Å². The Morgan fingerprint density at radius 1 is 1.36 bits per heavy atom. The second-order valence-corrected chi connectivity index (χ2v) is 3.83. The number of nitrogens with zero attached hydrogens (tertiary/aromatic N) is 3. The lowest BCUT2D eigenvalue weighted by molar-refractivity contribution is 0.396. The summed E-state index contributed by atoms with van der Waals surface area (Å²) >= 11 is 0. The van der Waals surface area contributed by atoms with E-state index in [-0.39, 0.29) is 0 Å². The molecular formula is C9H16N4O. The predicted octanol–water partition coefficient (Wildman–Crippen LogP) is 0.603. The summed E-state index contributed by atoms with van der Waals surface area (Å²) in [5.74, 6) is 1.12. The van der Waals surface area contributed by atoms with E-state index in [9.17, 15) is 0 Å². The van der Waals surface area contributed by atoms with Crippen molar-refractivity contribution in [3.8, 4) is 0 Å². The standard InChI is InChI=1S/C9H16N4O/c1-7(2)8-11-9(14-12-8)13-5-3-10-4-6-13/h7,10H,3-6H2,1-2H3. The van der Waals surface area contributed by atoms with Crippen LogP contribution >= 0.6 is 0 Å². The molecule has 0 amide bonds. The number of anilines is 1. The first-order valence-electron chi connectivity index (χ1n) is 5.06. The maximum absolute atomic E-state index is 5.20. The molecule has 0 atom stereocenters. The van der Waals surface area contributed by atoms with Gasteiger partial charge in [0.2, 0.25) is 0 Å². The van der Waals surface area contributed by atoms with Gasteiger partial charge in [-0.05, 0) is 0 Å². The van der Waals surface area contributed by atoms with Crippen molar-refractivity contribution in [3.05, 3.63) is 5.82 Å². The maximum atomic E-state index is 5.20. The van der Waals surface area contributed by atoms with Crippen molar-refractivity contribution in [1.29, 1.82) is 0 Å². The third-order valence-electron chi connectivity index (χ3n) is 2.33. The molecule has 2 heterocycles. The van der Waals surface area contributed by atoms with Crippen molar-refractivity contribution in [2.24, 2.45) is 0 Å². The molecule has 78 valence electrons. The summed E-state index contributed by atoms with van der Waals surface area (Å²) in [5, 5.41) is 7.23. The molecule has 1 aliphatic heterocycles. The minimum absolute atomic E-state index is 0.329. The Morgan fingerprint density at radius 3 is 2.64 bits per heavy atom. The first-order valence-corrected chi connectivity index (χ1v) is 5.06. The van der Waals surface area contributed by atoms with Gasteiger partial charge in [-0.2, -0.15) is 4.98 Å². The van der Waals surface area contributed by atoms with E-state index >= 15 is 0 Å². The van der Waals surface area contributed by atoms with Gasteiger partial charge in [0.05, 0.1) is 0 Å². The van der Waals surface area contributed by atoms with Crippen LogP contribution in [0.5, 0.6) is 0 Å². The zero-order valence-corrected chi connectivity index (χ0v) is 8.66. The van der Waals surface area contributed by atoms with Gasteiger partial charge in [0.1, 0.15) is 0 Å². The molecule has 5 nitrogen and oxygen atoms in total. The molecule has 0 aromatic carbocycles. The van der Waals surface area contributed by atoms with Crippen LogP contribution in [0.25, 0.3) is 0 Å². The lowest BCUT2D eigenvalue weighted by Gasteiger charge is -2.24. The number of hydrogen-bond donors (Lipinski definition) is 1. The third kappa shape index (κ3) is 1.87. The van der Waals surface area contributed by atoms with Crippen LogP contribution < -0.4 is 10.2 Å². The van der Waals surface area contributed by atoms with Crippen LogP contribution in [0.15, 0.2) is 4.52 Å². The smallest absolute Gasteiger partial charge is 0.322 e. The molecule has 0 radical (unpaired) electrons. The van der Waals surface area contributed by atoms with Gasteiger partial charge in [-0.1, -0.05) is 19.0 Å². The maximum Gasteiger partial charge on any atom is 0.324 e. The molecule has 5 heteroatoms. The average molecular weight is 196 g/mol. The van der Waals surface area contributed by atoms with E-state index < -0.39 is 0 Å². The van der Waals surface area contributed by atoms with Crippen molar-refractivity contribution < 1.29 is 4.52 Å². The Labute approximate surface area is 83.5 Å². The Morgan fingerprint density at radius 2 is 2.07 bits per heavy atom. The van der Waals surface area contributed by atoms with Gasteiger partial charge in [0.15, 0.2) is 5.82 Å². The number of aromatic nitrogens is 2. The van der Waals surface area contributed by atoms with Gasteiger partial charge in [-0.25, -0.2) is 0 Å². The molecule has 1 saturated heterocycles. The molecule has 1 aromatic rings. The lowest BCUT2D eigenvalue weighted by atomic mass is 10.2. The predicted molar refractivity (Wildman–Crippen MR) is 53.5 cm³/mol. The van der Waals surface area contributed by atoms with E-state index in [0.717, 1.165) is 32.0 Å². The molecule has 0 spiro atoms. The third-order valence-corrected chi connectivity index (χ3v) is 2.33. The van der Waals surface area contributed by atoms with Crippen molar-refractivity contribution in [3.63, 3.8) is 0 Å². The van der Waals surface area contributed by atoms with Gasteiger partial charge < -0.3 is 14.7 Å². The second kappa shape index (κ2) is 3.96. The molecular weight excluding hydrogens is 180 g/mol. The Hall–Kier alpha value is -1.10. The molecule has 1 N–H and O–H groups in total. The molecule has 1 aromatic heterocycles. The summed E-state index contributed by atoms with van der Waals surface area (Å²) < 4.78 is 5.20. The monoisotopic (exact) mass is 196 g/mol. The summed E-state index contributed by atoms with van der Waals surface area (Å²) in [6, 6.07) is 0.662. The van der Waals surface area contributed by atoms with Gasteiger partial charge in [-0.3, -0.25) is 0 Å². The van der Waals surface area contributed by atoms with Crippen LogP contribution in [0.1, 0.15) is 25.6 Å². The summed E-state index contributed by atoms with van der Waals surface area (Å²) in [5.41, 5.74) is 0. The fourth-order valence-electron chi connectivity index (χ4n) is 1.45. The largest absolute Gasteiger partial charge is 0.324 e. The zero-order valence-electron chi connectivity index (χ0n) is 8.66. The van der Waals surface area contributed by atoms with Crippen molar-refractivity contribution >= 4 is 6.01 Å². The summed E-state index contributed by atoms with van der Waals surface area (Å²) in [6.45, 7) is 7.98. The first-order chi connectivity index (χ1) is 6.77. The number of rotatable bonds is 2. The Balaban J connectivity index is 2.07. The lowest BCUT2D eigenvalue weighted by Crippen LogP contribution is -2.43. The fourth-order valence-corrected chi connectivity index (χ4v) is 1.45. The van der Waals surface area contributed by atoms with Gasteiger partial charge in [0, 0.05) is 32.1 Å². The second-order valence-electron chi connectivity index (χ2n) is 3.83. The molecule has 0 aliphatic carbocycles. The van der Waals surface area contributed by atoms with Crippen LogP contribution in [0.2, 0.25) is 0 Å². The molecule has 0 unspecified atom stereocenters. The Bertz CT molecular complexity index is 291. The van der Waals surface area contributed by atoms with Gasteiger partial charge in [0.25, 0.3) is 0 Å². The van der Waals surface area contributed by atoms with Gasteiger partial charge >= 0.3 is 6.01 Å². The SMILES string of the molecule is CC(C)c1noc(N2CCNCC2)n1. The minimum Gasteiger partial charge on any atom is -0.322 e. The van der Waals surface area contributed by atoms with Gasteiger partial charge in [-0.15, -0.1) is 0 Å². The Kier molecular flexibility index (Phi) is 2.67. The summed E-state index contributed by atoms with van der Waals surface area (Å²) in [7, 11) is 0. The molecule has 0 saturated carbocycles.